The highest BCUT2D eigenvalue weighted by Gasteiger charge is 2.16. The van der Waals surface area contributed by atoms with Gasteiger partial charge in [-0.1, -0.05) is 58.0 Å². The van der Waals surface area contributed by atoms with E-state index in [9.17, 15) is 4.79 Å². The molecule has 3 rings (SSSR count). The van der Waals surface area contributed by atoms with Crippen LogP contribution in [0.5, 0.6) is 0 Å². The number of fused-ring (bicyclic) bond motifs is 1. The Labute approximate surface area is 154 Å². The van der Waals surface area contributed by atoms with Crippen molar-refractivity contribution in [2.45, 2.75) is 46.7 Å². The molecule has 0 saturated carbocycles. The Balaban J connectivity index is 2.00. The van der Waals surface area contributed by atoms with Crippen LogP contribution in [-0.2, 0) is 6.54 Å². The molecule has 1 atom stereocenters. The lowest BCUT2D eigenvalue weighted by molar-refractivity contribution is 0.343. The Bertz CT molecular complexity index is 942. The number of hydrogen-bond acceptors (Lipinski definition) is 4. The molecule has 0 aliphatic rings. The van der Waals surface area contributed by atoms with Gasteiger partial charge in [0.05, 0.1) is 6.04 Å². The lowest BCUT2D eigenvalue weighted by atomic mass is 9.97. The number of pyridine rings is 1. The first-order valence-corrected chi connectivity index (χ1v) is 9.05. The Morgan fingerprint density at radius 1 is 1.12 bits per heavy atom. The molecule has 26 heavy (non-hydrogen) atoms. The summed E-state index contributed by atoms with van der Waals surface area (Å²) in [5.74, 6) is 0.543. The van der Waals surface area contributed by atoms with E-state index >= 15 is 0 Å². The van der Waals surface area contributed by atoms with Crippen molar-refractivity contribution in [2.24, 2.45) is 5.41 Å². The fraction of sp³-hybridized carbons (Fsp3) is 0.381. The topological polar surface area (TPSA) is 59.8 Å². The first-order chi connectivity index (χ1) is 12.4. The van der Waals surface area contributed by atoms with Gasteiger partial charge in [-0.05, 0) is 23.5 Å². The van der Waals surface area contributed by atoms with Crippen molar-refractivity contribution in [1.29, 1.82) is 0 Å². The zero-order valence-corrected chi connectivity index (χ0v) is 15.9. The molecule has 3 aromatic rings. The zero-order valence-electron chi connectivity index (χ0n) is 15.9. The van der Waals surface area contributed by atoms with Gasteiger partial charge in [0.2, 0.25) is 5.95 Å². The van der Waals surface area contributed by atoms with Gasteiger partial charge in [0.1, 0.15) is 5.65 Å². The predicted molar refractivity (Wildman–Crippen MR) is 106 cm³/mol. The maximum atomic E-state index is 12.4. The molecule has 1 N–H and O–H groups in total. The maximum Gasteiger partial charge on any atom is 0.252 e. The molecule has 0 aliphatic carbocycles. The molecule has 0 saturated heterocycles. The van der Waals surface area contributed by atoms with Gasteiger partial charge in [-0.2, -0.15) is 4.98 Å². The number of benzene rings is 1. The first-order valence-electron chi connectivity index (χ1n) is 9.05. The third-order valence-electron chi connectivity index (χ3n) is 4.27. The Hall–Kier alpha value is -2.69. The van der Waals surface area contributed by atoms with Gasteiger partial charge >= 0.3 is 0 Å². The molecule has 0 bridgehead atoms. The van der Waals surface area contributed by atoms with Crippen LogP contribution in [0, 0.1) is 5.41 Å². The van der Waals surface area contributed by atoms with E-state index in [0.29, 0.717) is 18.1 Å². The summed E-state index contributed by atoms with van der Waals surface area (Å²) in [4.78, 5) is 21.5. The van der Waals surface area contributed by atoms with Crippen LogP contribution in [-0.4, -0.2) is 14.5 Å². The van der Waals surface area contributed by atoms with Crippen molar-refractivity contribution in [1.82, 2.24) is 14.5 Å². The summed E-state index contributed by atoms with van der Waals surface area (Å²) in [7, 11) is 0. The summed E-state index contributed by atoms with van der Waals surface area (Å²) in [5, 5.41) is 4.28. The predicted octanol–water partition coefficient (Wildman–Crippen LogP) is 4.40. The van der Waals surface area contributed by atoms with Crippen molar-refractivity contribution >= 4 is 17.0 Å². The smallest absolute Gasteiger partial charge is 0.252 e. The van der Waals surface area contributed by atoms with E-state index in [0.717, 1.165) is 11.8 Å². The molecule has 136 valence electrons. The van der Waals surface area contributed by atoms with Crippen LogP contribution in [0.25, 0.3) is 11.0 Å². The largest absolute Gasteiger partial charge is 0.347 e. The maximum absolute atomic E-state index is 12.4. The number of hydrogen-bond donors (Lipinski definition) is 1. The van der Waals surface area contributed by atoms with Crippen molar-refractivity contribution in [3.05, 3.63) is 64.6 Å². The number of rotatable bonds is 5. The number of nitrogens with zero attached hydrogens (tertiary/aromatic N) is 3. The third kappa shape index (κ3) is 4.10. The van der Waals surface area contributed by atoms with Gasteiger partial charge in [0, 0.05) is 24.2 Å². The highest BCUT2D eigenvalue weighted by molar-refractivity contribution is 5.75. The molecule has 5 heteroatoms. The Morgan fingerprint density at radius 3 is 2.50 bits per heavy atom. The average molecular weight is 350 g/mol. The fourth-order valence-electron chi connectivity index (χ4n) is 3.03. The van der Waals surface area contributed by atoms with Gasteiger partial charge in [-0.25, -0.2) is 4.98 Å². The van der Waals surface area contributed by atoms with Gasteiger partial charge in [0.25, 0.3) is 5.56 Å². The molecule has 1 unspecified atom stereocenters. The van der Waals surface area contributed by atoms with Crippen molar-refractivity contribution in [2.75, 3.05) is 5.32 Å². The molecule has 1 aromatic carbocycles. The summed E-state index contributed by atoms with van der Waals surface area (Å²) >= 11 is 0. The minimum atomic E-state index is -0.0350. The molecule has 0 spiro atoms. The quantitative estimate of drug-likeness (QED) is 0.741. The van der Waals surface area contributed by atoms with Gasteiger partial charge in [0.15, 0.2) is 0 Å². The highest BCUT2D eigenvalue weighted by atomic mass is 16.1. The monoisotopic (exact) mass is 350 g/mol. The van der Waals surface area contributed by atoms with Crippen LogP contribution in [0.2, 0.25) is 0 Å². The minimum absolute atomic E-state index is 0.0212. The van der Waals surface area contributed by atoms with Crippen LogP contribution in [0.3, 0.4) is 0 Å². The van der Waals surface area contributed by atoms with Crippen LogP contribution in [0.1, 0.15) is 45.7 Å². The molecular weight excluding hydrogens is 324 g/mol. The molecular formula is C21H26N4O. The summed E-state index contributed by atoms with van der Waals surface area (Å²) in [6.45, 7) is 9.07. The number of aromatic nitrogens is 3. The van der Waals surface area contributed by atoms with Crippen molar-refractivity contribution < 1.29 is 0 Å². The van der Waals surface area contributed by atoms with E-state index in [1.54, 1.807) is 22.9 Å². The molecule has 0 fully saturated rings. The van der Waals surface area contributed by atoms with Crippen molar-refractivity contribution in [3.63, 3.8) is 0 Å². The lowest BCUT2D eigenvalue weighted by Crippen LogP contribution is -2.27. The molecule has 2 heterocycles. The highest BCUT2D eigenvalue weighted by Crippen LogP contribution is 2.22. The summed E-state index contributed by atoms with van der Waals surface area (Å²) in [5.41, 5.74) is 1.81. The van der Waals surface area contributed by atoms with Gasteiger partial charge in [-0.3, -0.25) is 9.36 Å². The second-order valence-electron chi connectivity index (χ2n) is 7.81. The lowest BCUT2D eigenvalue weighted by Gasteiger charge is -2.21. The van der Waals surface area contributed by atoms with Crippen LogP contribution in [0.4, 0.5) is 5.95 Å². The molecule has 0 aliphatic heterocycles. The fourth-order valence-corrected chi connectivity index (χ4v) is 3.03. The van der Waals surface area contributed by atoms with Gasteiger partial charge < -0.3 is 5.32 Å². The molecule has 0 radical (unpaired) electrons. The zero-order chi connectivity index (χ0) is 18.7. The molecule has 0 amide bonds. The van der Waals surface area contributed by atoms with E-state index in [1.807, 2.05) is 18.2 Å². The van der Waals surface area contributed by atoms with Crippen LogP contribution >= 0.6 is 0 Å². The van der Waals surface area contributed by atoms with Gasteiger partial charge in [-0.15, -0.1) is 0 Å². The van der Waals surface area contributed by atoms with E-state index < -0.39 is 0 Å². The Morgan fingerprint density at radius 2 is 1.85 bits per heavy atom. The van der Waals surface area contributed by atoms with E-state index in [-0.39, 0.29) is 17.0 Å². The van der Waals surface area contributed by atoms with Crippen molar-refractivity contribution in [3.8, 4) is 0 Å². The number of nitrogens with one attached hydrogen (secondary N) is 1. The summed E-state index contributed by atoms with van der Waals surface area (Å²) < 4.78 is 1.74. The second-order valence-corrected chi connectivity index (χ2v) is 7.81. The first kappa shape index (κ1) is 18.1. The summed E-state index contributed by atoms with van der Waals surface area (Å²) in [6.07, 6.45) is 2.69. The van der Waals surface area contributed by atoms with Crippen LogP contribution < -0.4 is 10.9 Å². The minimum Gasteiger partial charge on any atom is -0.347 e. The van der Waals surface area contributed by atoms with E-state index in [4.69, 9.17) is 0 Å². The summed E-state index contributed by atoms with van der Waals surface area (Å²) in [6, 6.07) is 13.8. The van der Waals surface area contributed by atoms with E-state index in [1.165, 1.54) is 5.56 Å². The standard InChI is InChI=1S/C21H26N4O/c1-5-17(15-9-7-6-8-10-15)23-20-22-13-16-11-12-18(26)25(19(16)24-20)14-21(2,3)4/h6-13,17H,5,14H2,1-4H3,(H,22,23,24). The van der Waals surface area contributed by atoms with Crippen LogP contribution in [0.15, 0.2) is 53.5 Å². The third-order valence-corrected chi connectivity index (χ3v) is 4.27. The second kappa shape index (κ2) is 7.28. The SMILES string of the molecule is CCC(Nc1ncc2ccc(=O)n(CC(C)(C)C)c2n1)c1ccccc1. The average Bonchev–Trinajstić information content (AvgIpc) is 2.62. The number of anilines is 1. The molecule has 2 aromatic heterocycles. The molecule has 5 nitrogen and oxygen atoms in total. The Kier molecular flexibility index (Phi) is 5.07. The normalized spacial score (nSPS) is 12.9. The van der Waals surface area contributed by atoms with E-state index in [2.05, 4.69) is 55.1 Å².